The van der Waals surface area contributed by atoms with E-state index in [9.17, 15) is 0 Å². The minimum Gasteiger partial charge on any atom is -0.370 e. The molecule has 1 saturated carbocycles. The predicted molar refractivity (Wildman–Crippen MR) is 183 cm³/mol. The fourth-order valence-electron chi connectivity index (χ4n) is 6.26. The van der Waals surface area contributed by atoms with E-state index >= 15 is 0 Å². The number of nitrogens with zero attached hydrogens (tertiary/aromatic N) is 4. The van der Waals surface area contributed by atoms with E-state index in [1.807, 2.05) is 0 Å². The van der Waals surface area contributed by atoms with Crippen molar-refractivity contribution in [3.05, 3.63) is 95.3 Å². The molecule has 4 aromatic rings. The largest absolute Gasteiger partial charge is 0.370 e. The minimum absolute atomic E-state index is 0.131. The third-order valence-corrected chi connectivity index (χ3v) is 8.27. The molecule has 0 saturated heterocycles. The molecule has 0 radical (unpaired) electrons. The van der Waals surface area contributed by atoms with Crippen LogP contribution in [0.5, 0.6) is 0 Å². The van der Waals surface area contributed by atoms with Gasteiger partial charge < -0.3 is 21.3 Å². The fourth-order valence-corrected chi connectivity index (χ4v) is 6.26. The predicted octanol–water partition coefficient (Wildman–Crippen LogP) is 8.00. The molecule has 2 aromatic carbocycles. The third-order valence-electron chi connectivity index (χ3n) is 8.27. The van der Waals surface area contributed by atoms with Crippen LogP contribution in [0.2, 0.25) is 0 Å². The van der Waals surface area contributed by atoms with Crippen LogP contribution >= 0.6 is 0 Å². The second-order valence-electron chi connectivity index (χ2n) is 11.6. The Kier molecular flexibility index (Phi) is 11.0. The molecule has 2 heterocycles. The molecule has 2 aromatic heterocycles. The van der Waals surface area contributed by atoms with Gasteiger partial charge in [0.15, 0.2) is 0 Å². The molecule has 0 atom stereocenters. The summed E-state index contributed by atoms with van der Waals surface area (Å²) in [5.74, 6) is 3.71. The number of anilines is 4. The van der Waals surface area contributed by atoms with Crippen LogP contribution in [0.25, 0.3) is 0 Å². The zero-order chi connectivity index (χ0) is 30.7. The summed E-state index contributed by atoms with van der Waals surface area (Å²) >= 11 is 0. The maximum absolute atomic E-state index is 5.18. The van der Waals surface area contributed by atoms with Gasteiger partial charge in [-0.3, -0.25) is 0 Å². The maximum atomic E-state index is 5.18. The molecule has 5 rings (SSSR count). The van der Waals surface area contributed by atoms with Gasteiger partial charge in [0.1, 0.15) is 11.6 Å². The number of aromatic nitrogens is 4. The second kappa shape index (κ2) is 15.5. The highest BCUT2D eigenvalue weighted by atomic mass is 15.2. The number of rotatable bonds is 16. The molecule has 0 aliphatic heterocycles. The highest BCUT2D eigenvalue weighted by Crippen LogP contribution is 2.66. The van der Waals surface area contributed by atoms with Crippen LogP contribution in [-0.2, 0) is 0 Å². The Hall–Kier alpha value is -4.20. The first-order chi connectivity index (χ1) is 21.7. The average molecular weight is 593 g/mol. The van der Waals surface area contributed by atoms with Gasteiger partial charge >= 0.3 is 0 Å². The average Bonchev–Trinajstić information content (AvgIpc) is 3.05. The van der Waals surface area contributed by atoms with E-state index in [-0.39, 0.29) is 23.7 Å². The first-order valence-electron chi connectivity index (χ1n) is 16.5. The van der Waals surface area contributed by atoms with Crippen LogP contribution in [0.4, 0.5) is 23.5 Å². The standard InChI is InChI=1S/C36H48N8/c1-5-19-37-29-23-27(41-35(43-29)39-21-7-3)33-31(25-15-11-9-12-16-25)34(32(33)26-17-13-10-14-18-26)28-24-30(38-20-6-2)44-36(42-28)40-22-8-4/h9-18,23-24,31-34H,5-8,19-22H2,1-4H3,(H2,37,39,41,43)(H2,38,40,42,44)/t31-,32-,33-,34+. The Balaban J connectivity index is 1.67. The molecular weight excluding hydrogens is 544 g/mol. The molecule has 232 valence electrons. The lowest BCUT2D eigenvalue weighted by Crippen LogP contribution is -2.41. The molecule has 1 fully saturated rings. The van der Waals surface area contributed by atoms with Crippen molar-refractivity contribution in [3.8, 4) is 0 Å². The van der Waals surface area contributed by atoms with Gasteiger partial charge in [0.05, 0.1) is 11.4 Å². The monoisotopic (exact) mass is 592 g/mol. The van der Waals surface area contributed by atoms with Crippen molar-refractivity contribution in [3.63, 3.8) is 0 Å². The summed E-state index contributed by atoms with van der Waals surface area (Å²) < 4.78 is 0. The molecule has 0 amide bonds. The molecule has 44 heavy (non-hydrogen) atoms. The number of hydrogen-bond donors (Lipinski definition) is 4. The highest BCUT2D eigenvalue weighted by molar-refractivity contribution is 5.52. The van der Waals surface area contributed by atoms with Gasteiger partial charge in [-0.15, -0.1) is 0 Å². The van der Waals surface area contributed by atoms with Gasteiger partial charge in [0.2, 0.25) is 11.9 Å². The van der Waals surface area contributed by atoms with Crippen molar-refractivity contribution in [1.29, 1.82) is 0 Å². The summed E-state index contributed by atoms with van der Waals surface area (Å²) in [5, 5.41) is 14.0. The Bertz CT molecular complexity index is 1270. The zero-order valence-electron chi connectivity index (χ0n) is 26.7. The Morgan fingerprint density at radius 3 is 1.18 bits per heavy atom. The van der Waals surface area contributed by atoms with Gasteiger partial charge in [-0.05, 0) is 36.8 Å². The number of nitrogens with one attached hydrogen (secondary N) is 4. The smallest absolute Gasteiger partial charge is 0.224 e. The first-order valence-corrected chi connectivity index (χ1v) is 16.5. The van der Waals surface area contributed by atoms with Crippen LogP contribution in [0.3, 0.4) is 0 Å². The summed E-state index contributed by atoms with van der Waals surface area (Å²) in [4.78, 5) is 20.0. The van der Waals surface area contributed by atoms with Crippen molar-refractivity contribution >= 4 is 23.5 Å². The summed E-state index contributed by atoms with van der Waals surface area (Å²) in [6, 6.07) is 26.1. The molecule has 0 spiro atoms. The lowest BCUT2D eigenvalue weighted by atomic mass is 9.50. The maximum Gasteiger partial charge on any atom is 0.224 e. The quantitative estimate of drug-likeness (QED) is 0.104. The topological polar surface area (TPSA) is 99.7 Å². The SMILES string of the molecule is CCCNc1cc([C@H]2[C@H](c3ccccc3)[C@@H](c3cc(NCCC)nc(NCCC)n3)[C@H]2c2ccccc2)nc(NCCC)n1. The fraction of sp³-hybridized carbons (Fsp3) is 0.444. The van der Waals surface area contributed by atoms with Gasteiger partial charge in [0.25, 0.3) is 0 Å². The van der Waals surface area contributed by atoms with Crippen LogP contribution < -0.4 is 21.3 Å². The van der Waals surface area contributed by atoms with Crippen molar-refractivity contribution in [2.24, 2.45) is 0 Å². The second-order valence-corrected chi connectivity index (χ2v) is 11.6. The molecule has 0 unspecified atom stereocenters. The van der Waals surface area contributed by atoms with Crippen molar-refractivity contribution in [2.75, 3.05) is 47.4 Å². The van der Waals surface area contributed by atoms with E-state index in [0.29, 0.717) is 11.9 Å². The number of benzene rings is 2. The van der Waals surface area contributed by atoms with Crippen LogP contribution in [-0.4, -0.2) is 46.1 Å². The van der Waals surface area contributed by atoms with E-state index in [0.717, 1.165) is 74.9 Å². The summed E-state index contributed by atoms with van der Waals surface area (Å²) in [5.41, 5.74) is 4.70. The summed E-state index contributed by atoms with van der Waals surface area (Å²) in [6.45, 7) is 12.1. The molecule has 4 N–H and O–H groups in total. The Morgan fingerprint density at radius 1 is 0.455 bits per heavy atom. The van der Waals surface area contributed by atoms with Gasteiger partial charge in [-0.2, -0.15) is 9.97 Å². The van der Waals surface area contributed by atoms with E-state index < -0.39 is 0 Å². The van der Waals surface area contributed by atoms with E-state index in [2.05, 4.69) is 122 Å². The minimum atomic E-state index is 0.131. The molecule has 8 nitrogen and oxygen atoms in total. The highest BCUT2D eigenvalue weighted by Gasteiger charge is 2.54. The van der Waals surface area contributed by atoms with Gasteiger partial charge in [-0.25, -0.2) is 9.97 Å². The van der Waals surface area contributed by atoms with Crippen LogP contribution in [0.1, 0.15) is 99.6 Å². The Morgan fingerprint density at radius 2 is 0.818 bits per heavy atom. The lowest BCUT2D eigenvalue weighted by molar-refractivity contribution is 0.220. The molecule has 8 heteroatoms. The molecular formula is C36H48N8. The molecule has 1 aliphatic carbocycles. The summed E-state index contributed by atoms with van der Waals surface area (Å²) in [6.07, 6.45) is 4.07. The van der Waals surface area contributed by atoms with Gasteiger partial charge in [0, 0.05) is 62.0 Å². The van der Waals surface area contributed by atoms with Crippen molar-refractivity contribution in [1.82, 2.24) is 19.9 Å². The molecule has 1 aliphatic rings. The van der Waals surface area contributed by atoms with Crippen molar-refractivity contribution < 1.29 is 0 Å². The first kappa shape index (κ1) is 31.2. The van der Waals surface area contributed by atoms with Gasteiger partial charge in [-0.1, -0.05) is 88.4 Å². The zero-order valence-corrected chi connectivity index (χ0v) is 26.7. The van der Waals surface area contributed by atoms with E-state index in [4.69, 9.17) is 19.9 Å². The summed E-state index contributed by atoms with van der Waals surface area (Å²) in [7, 11) is 0. The van der Waals surface area contributed by atoms with E-state index in [1.54, 1.807) is 0 Å². The lowest BCUT2D eigenvalue weighted by Gasteiger charge is -2.52. The van der Waals surface area contributed by atoms with E-state index in [1.165, 1.54) is 11.1 Å². The molecule has 0 bridgehead atoms. The Labute approximate surface area is 263 Å². The normalized spacial score (nSPS) is 19.2. The third kappa shape index (κ3) is 7.29. The number of hydrogen-bond acceptors (Lipinski definition) is 8. The van der Waals surface area contributed by atoms with Crippen molar-refractivity contribution in [2.45, 2.75) is 77.0 Å². The van der Waals surface area contributed by atoms with Crippen LogP contribution in [0.15, 0.2) is 72.8 Å². The van der Waals surface area contributed by atoms with Crippen LogP contribution in [0, 0.1) is 0 Å².